The van der Waals surface area contributed by atoms with Crippen LogP contribution in [0.2, 0.25) is 0 Å². The number of piperidine rings is 4. The Labute approximate surface area is 516 Å². The van der Waals surface area contributed by atoms with Gasteiger partial charge in [-0.25, -0.2) is 0 Å². The third-order valence-electron chi connectivity index (χ3n) is 21.8. The lowest BCUT2D eigenvalue weighted by Crippen LogP contribution is -2.63. The molecule has 0 saturated carbocycles. The summed E-state index contributed by atoms with van der Waals surface area (Å²) in [6.45, 7) is 56.3. The Kier molecular flexibility index (Phi) is 22.9. The van der Waals surface area contributed by atoms with E-state index < -0.39 is 0 Å². The predicted octanol–water partition coefficient (Wildman–Crippen LogP) is 13.8. The van der Waals surface area contributed by atoms with Crippen LogP contribution in [-0.4, -0.2) is 192 Å². The molecule has 4 aliphatic rings. The van der Waals surface area contributed by atoms with E-state index in [2.05, 4.69) is 223 Å². The standard InChI is InChI=1S/C68H130N16/c1-26-31-39-81(51-43-61(6,7)76(22)62(8,9)44-51)57-70-55(71-58(74-57)82(40-32-27-2)52-45-63(10,11)77(23)64(12,13)46-52)69-36-35-38-80(37-30-5)56-72-59(83(41-33-28-3)53-47-65(14,15)78(24)66(16,17)48-53)75-60(73-56)84(42-34-29-4)54-49-67(18,19)79(25)68(20,21)50-54/h51-54H,26-50H2,1-25H3,(H,69,70,71,74). The van der Waals surface area contributed by atoms with E-state index in [0.717, 1.165) is 185 Å². The lowest BCUT2D eigenvalue weighted by molar-refractivity contribution is -0.0135. The molecule has 4 saturated heterocycles. The molecule has 2 aromatic rings. The molecule has 1 N–H and O–H groups in total. The topological polar surface area (TPSA) is 119 Å². The molecule has 0 amide bonds. The lowest BCUT2D eigenvalue weighted by Gasteiger charge is -2.56. The minimum Gasteiger partial charge on any atom is -0.354 e. The maximum absolute atomic E-state index is 5.71. The van der Waals surface area contributed by atoms with Gasteiger partial charge < -0.3 is 29.8 Å². The van der Waals surface area contributed by atoms with Gasteiger partial charge in [0.2, 0.25) is 35.7 Å². The molecular weight excluding hydrogens is 1040 g/mol. The Bertz CT molecular complexity index is 2160. The summed E-state index contributed by atoms with van der Waals surface area (Å²) in [6, 6.07) is 1.15. The molecule has 0 aromatic carbocycles. The second kappa shape index (κ2) is 27.6. The van der Waals surface area contributed by atoms with Crippen molar-refractivity contribution in [3.05, 3.63) is 0 Å². The highest BCUT2D eigenvalue weighted by Gasteiger charge is 2.50. The summed E-state index contributed by atoms with van der Waals surface area (Å²) in [5.74, 6) is 4.79. The van der Waals surface area contributed by atoms with Gasteiger partial charge in [0.1, 0.15) is 0 Å². The molecule has 0 aliphatic carbocycles. The molecule has 2 aromatic heterocycles. The van der Waals surface area contributed by atoms with Gasteiger partial charge in [0.05, 0.1) is 0 Å². The van der Waals surface area contributed by atoms with Crippen LogP contribution < -0.4 is 29.8 Å². The average molecular weight is 1170 g/mol. The monoisotopic (exact) mass is 1170 g/mol. The molecule has 0 bridgehead atoms. The van der Waals surface area contributed by atoms with Crippen LogP contribution in [-0.2, 0) is 0 Å². The second-order valence-corrected chi connectivity index (χ2v) is 31.9. The molecular formula is C68H130N16. The van der Waals surface area contributed by atoms with E-state index in [1.165, 1.54) is 0 Å². The fourth-order valence-electron chi connectivity index (χ4n) is 15.7. The number of likely N-dealkylation sites (tertiary alicyclic amines) is 4. The Balaban J connectivity index is 1.43. The van der Waals surface area contributed by atoms with Crippen LogP contribution in [0.4, 0.5) is 35.7 Å². The fraction of sp³-hybridized carbons (Fsp3) is 0.912. The molecule has 4 fully saturated rings. The Hall–Kier alpha value is -3.34. The van der Waals surface area contributed by atoms with Gasteiger partial charge in [-0.3, -0.25) is 19.6 Å². The number of hydrogen-bond donors (Lipinski definition) is 1. The molecule has 4 aliphatic heterocycles. The van der Waals surface area contributed by atoms with E-state index in [1.807, 2.05) is 0 Å². The summed E-state index contributed by atoms with van der Waals surface area (Å²) in [5.41, 5.74) is 0.104. The van der Waals surface area contributed by atoms with E-state index in [-0.39, 0.29) is 68.5 Å². The van der Waals surface area contributed by atoms with Crippen LogP contribution in [0.15, 0.2) is 0 Å². The van der Waals surface area contributed by atoms with Crippen molar-refractivity contribution in [2.45, 2.75) is 329 Å². The van der Waals surface area contributed by atoms with Gasteiger partial charge in [-0.2, -0.15) is 29.9 Å². The normalized spacial score (nSPS) is 22.9. The third kappa shape index (κ3) is 16.3. The molecule has 6 rings (SSSR count). The molecule has 84 heavy (non-hydrogen) atoms. The average Bonchev–Trinajstić information content (AvgIpc) is 1.15. The highest BCUT2D eigenvalue weighted by atomic mass is 15.4. The van der Waals surface area contributed by atoms with Crippen LogP contribution >= 0.6 is 0 Å². The summed E-state index contributed by atoms with van der Waals surface area (Å²) in [5, 5.41) is 3.87. The van der Waals surface area contributed by atoms with Crippen LogP contribution in [0.1, 0.15) is 261 Å². The Morgan fingerprint density at radius 2 is 0.560 bits per heavy atom. The molecule has 0 atom stereocenters. The van der Waals surface area contributed by atoms with E-state index >= 15 is 0 Å². The van der Waals surface area contributed by atoms with Gasteiger partial charge in [0, 0.05) is 114 Å². The highest BCUT2D eigenvalue weighted by Crippen LogP contribution is 2.45. The van der Waals surface area contributed by atoms with Gasteiger partial charge in [-0.15, -0.1) is 0 Å². The maximum Gasteiger partial charge on any atom is 0.232 e. The van der Waals surface area contributed by atoms with E-state index in [1.54, 1.807) is 0 Å². The quantitative estimate of drug-likeness (QED) is 0.0814. The van der Waals surface area contributed by atoms with Crippen molar-refractivity contribution >= 4 is 35.7 Å². The van der Waals surface area contributed by atoms with E-state index in [9.17, 15) is 0 Å². The Morgan fingerprint density at radius 3 is 0.798 bits per heavy atom. The van der Waals surface area contributed by atoms with Crippen molar-refractivity contribution in [2.75, 3.05) is 104 Å². The first kappa shape index (κ1) is 69.8. The zero-order chi connectivity index (χ0) is 62.6. The van der Waals surface area contributed by atoms with Crippen LogP contribution in [0, 0.1) is 0 Å². The molecule has 482 valence electrons. The van der Waals surface area contributed by atoms with E-state index in [0.29, 0.717) is 12.5 Å². The predicted molar refractivity (Wildman–Crippen MR) is 360 cm³/mol. The second-order valence-electron chi connectivity index (χ2n) is 31.9. The van der Waals surface area contributed by atoms with Crippen molar-refractivity contribution in [3.63, 3.8) is 0 Å². The van der Waals surface area contributed by atoms with Crippen molar-refractivity contribution in [2.24, 2.45) is 0 Å². The van der Waals surface area contributed by atoms with Gasteiger partial charge in [0.15, 0.2) is 0 Å². The first-order valence-corrected chi connectivity index (χ1v) is 34.0. The van der Waals surface area contributed by atoms with Crippen molar-refractivity contribution < 1.29 is 0 Å². The van der Waals surface area contributed by atoms with Gasteiger partial charge in [0.25, 0.3) is 0 Å². The molecule has 0 radical (unpaired) electrons. The maximum atomic E-state index is 5.71. The van der Waals surface area contributed by atoms with Crippen molar-refractivity contribution in [3.8, 4) is 0 Å². The zero-order valence-corrected chi connectivity index (χ0v) is 59.2. The SMILES string of the molecule is CCCCN(c1nc(NCCCN(CCC)c2nc(N(CCCC)C3CC(C)(C)N(C)C(C)(C)C3)nc(N(CCCC)C3CC(C)(C)N(C)C(C)(C)C3)n2)nc(N(CCCC)C2CC(C)(C)N(C)C(C)(C)C2)n1)C1CC(C)(C)N(C)C(C)(C)C1. The van der Waals surface area contributed by atoms with Crippen LogP contribution in [0.3, 0.4) is 0 Å². The smallest absolute Gasteiger partial charge is 0.232 e. The lowest BCUT2D eigenvalue weighted by atomic mass is 9.77. The summed E-state index contributed by atoms with van der Waals surface area (Å²) < 4.78 is 0. The third-order valence-corrected chi connectivity index (χ3v) is 21.8. The van der Waals surface area contributed by atoms with Crippen molar-refractivity contribution in [1.29, 1.82) is 0 Å². The number of unbranched alkanes of at least 4 members (excludes halogenated alkanes) is 4. The zero-order valence-electron chi connectivity index (χ0n) is 59.2. The van der Waals surface area contributed by atoms with Crippen LogP contribution in [0.25, 0.3) is 0 Å². The molecule has 16 nitrogen and oxygen atoms in total. The van der Waals surface area contributed by atoms with E-state index in [4.69, 9.17) is 29.9 Å². The summed E-state index contributed by atoms with van der Waals surface area (Å²) >= 11 is 0. The fourth-order valence-corrected chi connectivity index (χ4v) is 15.7. The highest BCUT2D eigenvalue weighted by molar-refractivity contribution is 5.50. The number of nitrogens with one attached hydrogen (secondary N) is 1. The first-order chi connectivity index (χ1) is 39.0. The van der Waals surface area contributed by atoms with Gasteiger partial charge >= 0.3 is 0 Å². The number of nitrogens with zero attached hydrogens (tertiary/aromatic N) is 15. The van der Waals surface area contributed by atoms with Crippen LogP contribution in [0.5, 0.6) is 0 Å². The van der Waals surface area contributed by atoms with Gasteiger partial charge in [-0.05, 0) is 229 Å². The summed E-state index contributed by atoms with van der Waals surface area (Å²) in [7, 11) is 9.26. The molecule has 0 spiro atoms. The molecule has 16 heteroatoms. The number of aromatic nitrogens is 6. The van der Waals surface area contributed by atoms with Crippen molar-refractivity contribution in [1.82, 2.24) is 49.5 Å². The number of anilines is 6. The largest absolute Gasteiger partial charge is 0.354 e. The number of rotatable bonds is 28. The minimum absolute atomic E-state index is 0.0123. The van der Waals surface area contributed by atoms with Gasteiger partial charge in [-0.1, -0.05) is 60.3 Å². The summed E-state index contributed by atoms with van der Waals surface area (Å²) in [6.07, 6.45) is 18.9. The number of hydrogen-bond acceptors (Lipinski definition) is 16. The molecule has 6 heterocycles. The minimum atomic E-state index is 0.0123. The molecule has 0 unspecified atom stereocenters. The Morgan fingerprint density at radius 1 is 0.321 bits per heavy atom. The first-order valence-electron chi connectivity index (χ1n) is 34.0. The summed E-state index contributed by atoms with van der Waals surface area (Å²) in [4.78, 5) is 57.0.